The minimum Gasteiger partial charge on any atom is -0.481 e. The van der Waals surface area contributed by atoms with E-state index in [0.29, 0.717) is 0 Å². The Hall–Kier alpha value is -2.87. The van der Waals surface area contributed by atoms with Gasteiger partial charge >= 0.3 is 5.97 Å². The van der Waals surface area contributed by atoms with Gasteiger partial charge in [0.05, 0.1) is 5.92 Å². The number of hydrogen-bond donors (Lipinski definition) is 1. The number of aliphatic carboxylic acids is 1. The summed E-state index contributed by atoms with van der Waals surface area (Å²) in [4.78, 5) is 11.6. The number of hydrogen-bond acceptors (Lipinski definition) is 1. The van der Waals surface area contributed by atoms with Crippen molar-refractivity contribution in [3.8, 4) is 22.3 Å². The van der Waals surface area contributed by atoms with E-state index in [-0.39, 0.29) is 0 Å². The first-order chi connectivity index (χ1) is 11.6. The van der Waals surface area contributed by atoms with Crippen molar-refractivity contribution >= 4 is 5.97 Å². The SMILES string of the molecule is CC(C(=O)O)c1cc(-c2ccccc2)cc2c1Cc1ccccc1-2. The van der Waals surface area contributed by atoms with E-state index in [0.717, 1.165) is 28.7 Å². The summed E-state index contributed by atoms with van der Waals surface area (Å²) in [5.74, 6) is -1.30. The molecule has 1 aliphatic carbocycles. The molecular weight excluding hydrogens is 296 g/mol. The first kappa shape index (κ1) is 14.7. The van der Waals surface area contributed by atoms with E-state index >= 15 is 0 Å². The maximum Gasteiger partial charge on any atom is 0.310 e. The molecular formula is C22H18O2. The van der Waals surface area contributed by atoms with E-state index in [1.165, 1.54) is 16.7 Å². The number of rotatable bonds is 3. The highest BCUT2D eigenvalue weighted by atomic mass is 16.4. The molecule has 24 heavy (non-hydrogen) atoms. The fraction of sp³-hybridized carbons (Fsp3) is 0.136. The fourth-order valence-electron chi connectivity index (χ4n) is 3.58. The topological polar surface area (TPSA) is 37.3 Å². The first-order valence-corrected chi connectivity index (χ1v) is 8.18. The largest absolute Gasteiger partial charge is 0.481 e. The highest BCUT2D eigenvalue weighted by Crippen LogP contribution is 2.42. The second-order valence-corrected chi connectivity index (χ2v) is 6.35. The van der Waals surface area contributed by atoms with Crippen LogP contribution in [0, 0.1) is 0 Å². The molecule has 0 radical (unpaired) electrons. The molecule has 0 spiro atoms. The van der Waals surface area contributed by atoms with Crippen LogP contribution in [0.15, 0.2) is 66.7 Å². The molecule has 1 unspecified atom stereocenters. The number of fused-ring (bicyclic) bond motifs is 3. The van der Waals surface area contributed by atoms with Crippen LogP contribution in [0.25, 0.3) is 22.3 Å². The van der Waals surface area contributed by atoms with Gasteiger partial charge in [0, 0.05) is 0 Å². The predicted molar refractivity (Wildman–Crippen MR) is 96.2 cm³/mol. The molecule has 1 aliphatic rings. The molecule has 1 N–H and O–H groups in total. The van der Waals surface area contributed by atoms with Crippen molar-refractivity contribution < 1.29 is 9.90 Å². The minimum atomic E-state index is -0.779. The summed E-state index contributed by atoms with van der Waals surface area (Å²) in [5, 5.41) is 9.55. The smallest absolute Gasteiger partial charge is 0.310 e. The molecule has 0 saturated carbocycles. The molecule has 118 valence electrons. The molecule has 0 amide bonds. The van der Waals surface area contributed by atoms with Gasteiger partial charge in [0.25, 0.3) is 0 Å². The molecule has 4 rings (SSSR count). The van der Waals surface area contributed by atoms with Crippen molar-refractivity contribution in [2.75, 3.05) is 0 Å². The van der Waals surface area contributed by atoms with Gasteiger partial charge in [-0.1, -0.05) is 54.6 Å². The Kier molecular flexibility index (Phi) is 3.46. The zero-order valence-electron chi connectivity index (χ0n) is 13.5. The van der Waals surface area contributed by atoms with Gasteiger partial charge in [-0.25, -0.2) is 0 Å². The van der Waals surface area contributed by atoms with Crippen LogP contribution in [-0.4, -0.2) is 11.1 Å². The van der Waals surface area contributed by atoms with E-state index in [1.807, 2.05) is 30.3 Å². The monoisotopic (exact) mass is 314 g/mol. The van der Waals surface area contributed by atoms with E-state index in [9.17, 15) is 9.90 Å². The zero-order chi connectivity index (χ0) is 16.7. The predicted octanol–water partition coefficient (Wildman–Crippen LogP) is 5.11. The Morgan fingerprint density at radius 2 is 1.62 bits per heavy atom. The van der Waals surface area contributed by atoms with Crippen molar-refractivity contribution in [3.05, 3.63) is 83.4 Å². The Morgan fingerprint density at radius 3 is 2.38 bits per heavy atom. The number of benzene rings is 3. The summed E-state index contributed by atoms with van der Waals surface area (Å²) in [6.45, 7) is 1.77. The molecule has 3 aromatic rings. The Morgan fingerprint density at radius 1 is 0.917 bits per heavy atom. The van der Waals surface area contributed by atoms with Gasteiger partial charge in [0.1, 0.15) is 0 Å². The van der Waals surface area contributed by atoms with Crippen LogP contribution in [0.2, 0.25) is 0 Å². The third-order valence-electron chi connectivity index (χ3n) is 4.90. The molecule has 0 fully saturated rings. The number of carboxylic acid groups (broad SMARTS) is 1. The van der Waals surface area contributed by atoms with Gasteiger partial charge in [0.2, 0.25) is 0 Å². The number of carbonyl (C=O) groups is 1. The van der Waals surface area contributed by atoms with Crippen molar-refractivity contribution in [2.24, 2.45) is 0 Å². The second-order valence-electron chi connectivity index (χ2n) is 6.35. The van der Waals surface area contributed by atoms with Crippen LogP contribution in [-0.2, 0) is 11.2 Å². The quantitative estimate of drug-likeness (QED) is 0.570. The van der Waals surface area contributed by atoms with E-state index in [4.69, 9.17) is 0 Å². The molecule has 0 aliphatic heterocycles. The van der Waals surface area contributed by atoms with E-state index in [2.05, 4.69) is 36.4 Å². The van der Waals surface area contributed by atoms with Crippen LogP contribution in [0.4, 0.5) is 0 Å². The molecule has 2 heteroatoms. The standard InChI is InChI=1S/C22H18O2/c1-14(22(23)24)19-12-17(15-7-3-2-4-8-15)13-20-18-10-6-5-9-16(18)11-21(19)20/h2-10,12-14H,11H2,1H3,(H,23,24). The van der Waals surface area contributed by atoms with Crippen molar-refractivity contribution in [3.63, 3.8) is 0 Å². The van der Waals surface area contributed by atoms with E-state index < -0.39 is 11.9 Å². The Labute approximate surface area is 141 Å². The van der Waals surface area contributed by atoms with E-state index in [1.54, 1.807) is 6.92 Å². The summed E-state index contributed by atoms with van der Waals surface area (Å²) < 4.78 is 0. The van der Waals surface area contributed by atoms with Gasteiger partial charge in [-0.3, -0.25) is 4.79 Å². The highest BCUT2D eigenvalue weighted by molar-refractivity contribution is 5.86. The van der Waals surface area contributed by atoms with Gasteiger partial charge in [0.15, 0.2) is 0 Å². The second kappa shape index (κ2) is 5.64. The van der Waals surface area contributed by atoms with Gasteiger partial charge < -0.3 is 5.11 Å². The zero-order valence-corrected chi connectivity index (χ0v) is 13.5. The average Bonchev–Trinajstić information content (AvgIpc) is 2.99. The van der Waals surface area contributed by atoms with Crippen LogP contribution in [0.1, 0.15) is 29.5 Å². The lowest BCUT2D eigenvalue weighted by molar-refractivity contribution is -0.138. The lowest BCUT2D eigenvalue weighted by Crippen LogP contribution is -2.10. The third kappa shape index (κ3) is 2.31. The first-order valence-electron chi connectivity index (χ1n) is 8.18. The molecule has 0 bridgehead atoms. The molecule has 0 heterocycles. The van der Waals surface area contributed by atoms with Crippen molar-refractivity contribution in [1.82, 2.24) is 0 Å². The molecule has 1 atom stereocenters. The minimum absolute atomic E-state index is 0.517. The van der Waals surface area contributed by atoms with Gasteiger partial charge in [-0.15, -0.1) is 0 Å². The summed E-state index contributed by atoms with van der Waals surface area (Å²) in [6.07, 6.45) is 0.813. The van der Waals surface area contributed by atoms with Crippen LogP contribution >= 0.6 is 0 Å². The molecule has 3 aromatic carbocycles. The lowest BCUT2D eigenvalue weighted by atomic mass is 9.88. The normalized spacial score (nSPS) is 13.2. The maximum atomic E-state index is 11.6. The van der Waals surface area contributed by atoms with Crippen LogP contribution in [0.3, 0.4) is 0 Å². The highest BCUT2D eigenvalue weighted by Gasteiger charge is 2.26. The summed E-state index contributed by atoms with van der Waals surface area (Å²) >= 11 is 0. The third-order valence-corrected chi connectivity index (χ3v) is 4.90. The summed E-state index contributed by atoms with van der Waals surface area (Å²) in [7, 11) is 0. The fourth-order valence-corrected chi connectivity index (χ4v) is 3.58. The molecule has 2 nitrogen and oxygen atoms in total. The van der Waals surface area contributed by atoms with Crippen molar-refractivity contribution in [1.29, 1.82) is 0 Å². The maximum absolute atomic E-state index is 11.6. The average molecular weight is 314 g/mol. The summed E-state index contributed by atoms with van der Waals surface area (Å²) in [5.41, 5.74) is 7.95. The van der Waals surface area contributed by atoms with Crippen LogP contribution < -0.4 is 0 Å². The van der Waals surface area contributed by atoms with Gasteiger partial charge in [-0.05, 0) is 64.4 Å². The Balaban J connectivity index is 1.97. The number of carboxylic acids is 1. The lowest BCUT2D eigenvalue weighted by Gasteiger charge is -2.15. The van der Waals surface area contributed by atoms with Crippen LogP contribution in [0.5, 0.6) is 0 Å². The van der Waals surface area contributed by atoms with Gasteiger partial charge in [-0.2, -0.15) is 0 Å². The molecule has 0 saturated heterocycles. The molecule has 0 aromatic heterocycles. The summed E-state index contributed by atoms with van der Waals surface area (Å²) in [6, 6.07) is 22.8. The Bertz CT molecular complexity index is 926. The van der Waals surface area contributed by atoms with Crippen molar-refractivity contribution in [2.45, 2.75) is 19.3 Å².